The monoisotopic (exact) mass is 287 g/mol. The van der Waals surface area contributed by atoms with Crippen molar-refractivity contribution < 1.29 is 9.11 Å². The Kier molecular flexibility index (Phi) is 1180. The van der Waals surface area contributed by atoms with Gasteiger partial charge in [0.1, 0.15) is 0 Å². The van der Waals surface area contributed by atoms with Crippen LogP contribution in [0.4, 0.5) is 9.11 Å². The van der Waals surface area contributed by atoms with Crippen LogP contribution in [-0.4, -0.2) is 9.91 Å². The van der Waals surface area contributed by atoms with Crippen molar-refractivity contribution in [2.45, 2.75) is 7.43 Å². The molecule has 0 aliphatic heterocycles. The summed E-state index contributed by atoms with van der Waals surface area (Å²) < 4.78 is 28.2. The first-order chi connectivity index (χ1) is 3.00. The van der Waals surface area contributed by atoms with Gasteiger partial charge < -0.3 is 6.15 Å². The first-order valence-corrected chi connectivity index (χ1v) is 0.378. The van der Waals surface area contributed by atoms with E-state index in [1.807, 2.05) is 0 Å². The first-order valence-electron chi connectivity index (χ1n) is 1.33. The van der Waals surface area contributed by atoms with Crippen LogP contribution in [0.15, 0.2) is 0 Å². The Morgan fingerprint density at radius 3 is 1.50 bits per heavy atom. The summed E-state index contributed by atoms with van der Waals surface area (Å²) in [6.45, 7) is 0. The SMILES string of the molecule is C.CF.Cl.I.N.[2H]F.[2H]P. The van der Waals surface area contributed by atoms with Gasteiger partial charge in [-0.05, 0) is 0 Å². The molecule has 62 valence electrons. The van der Waals surface area contributed by atoms with E-state index in [9.17, 15) is 4.39 Å². The normalized spacial score (nSPS) is 2.50. The van der Waals surface area contributed by atoms with Crippen LogP contribution in [0.5, 0.6) is 0 Å². The van der Waals surface area contributed by atoms with Gasteiger partial charge in [0, 0.05) is 0 Å². The largest absolute Gasteiger partial charge is 0.344 e. The van der Waals surface area contributed by atoms with Gasteiger partial charge in [0.15, 0.2) is 0 Å². The van der Waals surface area contributed by atoms with Crippen LogP contribution in [0.3, 0.4) is 0 Å². The van der Waals surface area contributed by atoms with Crippen LogP contribution in [0.1, 0.15) is 7.43 Å². The second-order valence-corrected chi connectivity index (χ2v) is 0. The van der Waals surface area contributed by atoms with Gasteiger partial charge in [0.05, 0.1) is 8.46 Å². The molecule has 0 aliphatic carbocycles. The maximum absolute atomic E-state index is 9.50. The Bertz CT molecular complexity index is 27.2. The highest BCUT2D eigenvalue weighted by molar-refractivity contribution is 14.0. The standard InChI is InChI=1S/CH3F.CH4.ClH.FH.HI.H3N.H3P/c1-2;;;;;;/h1H3;1H4;3*1H;2*1H3/i;;;;;;1D/hD. The third kappa shape index (κ3) is 177. The lowest BCUT2D eigenvalue weighted by Crippen LogP contribution is -0.939. The molecule has 6 heteroatoms. The molecular weight excluding hydrogens is 269 g/mol. The van der Waals surface area contributed by atoms with Crippen LogP contribution in [0.25, 0.3) is 0 Å². The van der Waals surface area contributed by atoms with Crippen LogP contribution in [-0.2, 0) is 0 Å². The number of halogens is 4. The number of hydrogen-bond donors (Lipinski definition) is 1. The summed E-state index contributed by atoms with van der Waals surface area (Å²) in [4.78, 5) is 0. The maximum atomic E-state index is 9.50. The highest BCUT2D eigenvalue weighted by Crippen LogP contribution is 1.16. The number of hydrogen-bond acceptors (Lipinski definition) is 1. The minimum Gasteiger partial charge on any atom is -0.344 e. The van der Waals surface area contributed by atoms with E-state index in [2.05, 4.69) is 1.45 Å². The second kappa shape index (κ2) is 271. The van der Waals surface area contributed by atoms with Crippen LogP contribution >= 0.6 is 46.2 Å². The number of alkyl halides is 1. The fraction of sp³-hybridized carbons (Fsp3) is 1.00. The van der Waals surface area contributed by atoms with Gasteiger partial charge in [-0.15, -0.1) is 36.4 Å². The number of rotatable bonds is 0. The molecule has 0 bridgehead atoms. The van der Waals surface area contributed by atoms with Crippen molar-refractivity contribution in [3.8, 4) is 0 Å². The lowest BCUT2D eigenvalue weighted by molar-refractivity contribution is 0.636. The van der Waals surface area contributed by atoms with Crippen molar-refractivity contribution in [3.63, 3.8) is 0 Å². The molecule has 0 aromatic carbocycles. The third-order valence-corrected chi connectivity index (χ3v) is 0. The lowest BCUT2D eigenvalue weighted by Gasteiger charge is -1.10. The smallest absolute Gasteiger partial charge is 0.269 e. The molecule has 1 unspecified atom stereocenters. The highest BCUT2D eigenvalue weighted by Gasteiger charge is 0.926. The molecule has 0 aromatic heterocycles. The summed E-state index contributed by atoms with van der Waals surface area (Å²) in [6, 6.07) is 0. The molecule has 3 N–H and O–H groups in total. The minimum atomic E-state index is 0. The van der Waals surface area contributed by atoms with E-state index in [1.165, 1.54) is 0 Å². The fourth-order valence-corrected chi connectivity index (χ4v) is 0. The summed E-state index contributed by atoms with van der Waals surface area (Å²) in [5.74, 6) is 0. The molecule has 0 saturated heterocycles. The Balaban J connectivity index is -0.00000000225. The van der Waals surface area contributed by atoms with Crippen molar-refractivity contribution in [3.05, 3.63) is 0 Å². The summed E-state index contributed by atoms with van der Waals surface area (Å²) in [5, 5.41) is 0. The van der Waals surface area contributed by atoms with Crippen molar-refractivity contribution >= 4 is 46.2 Å². The van der Waals surface area contributed by atoms with Gasteiger partial charge in [-0.3, -0.25) is 9.11 Å². The van der Waals surface area contributed by atoms with E-state index in [0.717, 1.165) is 0 Å². The molecule has 0 amide bonds. The minimum absolute atomic E-state index is 0. The molecule has 1 nitrogen and oxygen atoms in total. The van der Waals surface area contributed by atoms with E-state index in [1.54, 1.807) is 9.84 Å². The highest BCUT2D eigenvalue weighted by atomic mass is 127. The van der Waals surface area contributed by atoms with Gasteiger partial charge in [-0.25, -0.2) is 0 Å². The molecule has 0 fully saturated rings. The van der Waals surface area contributed by atoms with Crippen molar-refractivity contribution in [2.24, 2.45) is 0 Å². The van der Waals surface area contributed by atoms with Crippen LogP contribution < -0.4 is 6.15 Å². The molecule has 0 aliphatic rings. The van der Waals surface area contributed by atoms with Crippen molar-refractivity contribution in [1.29, 1.82) is 2.73 Å². The zero-order valence-electron chi connectivity index (χ0n) is 5.86. The molecule has 0 rings (SSSR count). The zero-order valence-corrected chi connectivity index (χ0v) is 8.16. The molecular formula is C2H16ClF2INP. The summed E-state index contributed by atoms with van der Waals surface area (Å²) in [5.41, 5.74) is 0. The maximum Gasteiger partial charge on any atom is 0.269 e. The van der Waals surface area contributed by atoms with Crippen LogP contribution in [0, 0.1) is 0 Å². The van der Waals surface area contributed by atoms with E-state index in [-0.39, 0.29) is 50.0 Å². The van der Waals surface area contributed by atoms with E-state index < -0.39 is 0 Å². The molecule has 1 atom stereocenters. The summed E-state index contributed by atoms with van der Waals surface area (Å²) >= 11 is 0. The van der Waals surface area contributed by atoms with E-state index in [4.69, 9.17) is 6.00 Å². The molecule has 0 heterocycles. The fourth-order valence-electron chi connectivity index (χ4n) is 0. The van der Waals surface area contributed by atoms with Gasteiger partial charge >= 0.3 is 0 Å². The van der Waals surface area contributed by atoms with Gasteiger partial charge in [0.2, 0.25) is 0 Å². The van der Waals surface area contributed by atoms with Gasteiger partial charge in [0.25, 0.3) is 1.45 Å². The Morgan fingerprint density at radius 2 is 1.50 bits per heavy atom. The Hall–Kier alpha value is 1.27. The summed E-state index contributed by atoms with van der Waals surface area (Å²) in [6.07, 6.45) is 0. The molecule has 0 radical (unpaired) electrons. The third-order valence-electron chi connectivity index (χ3n) is 0. The Morgan fingerprint density at radius 1 is 1.50 bits per heavy atom. The lowest BCUT2D eigenvalue weighted by atomic mass is 11.9. The topological polar surface area (TPSA) is 35.0 Å². The predicted octanol–water partition coefficient (Wildman–Crippen LogP) is 2.63. The first kappa shape index (κ1) is 34.8. The molecule has 0 aromatic rings. The quantitative estimate of drug-likeness (QED) is 0.539. The van der Waals surface area contributed by atoms with Crippen molar-refractivity contribution in [2.75, 3.05) is 7.18 Å². The predicted molar refractivity (Wildman–Crippen MR) is 55.1 cm³/mol. The molecule has 8 heavy (non-hydrogen) atoms. The Labute approximate surface area is 79.0 Å². The average molecular weight is 287 g/mol. The van der Waals surface area contributed by atoms with E-state index in [0.29, 0.717) is 7.18 Å². The average Bonchev–Trinajstić information content (AvgIpc) is 1.81. The molecule has 0 saturated carbocycles. The van der Waals surface area contributed by atoms with Gasteiger partial charge in [-0.1, -0.05) is 7.43 Å². The second-order valence-electron chi connectivity index (χ2n) is 0. The van der Waals surface area contributed by atoms with Gasteiger partial charge in [-0.2, -0.15) is 9.84 Å². The van der Waals surface area contributed by atoms with Crippen LogP contribution in [0.2, 0.25) is 0 Å². The van der Waals surface area contributed by atoms with Crippen molar-refractivity contribution in [1.82, 2.24) is 6.15 Å². The molecule has 0 spiro atoms. The summed E-state index contributed by atoms with van der Waals surface area (Å²) in [7, 11) is 2.17. The van der Waals surface area contributed by atoms with E-state index >= 15 is 0 Å². The zero-order chi connectivity index (χ0) is 6.00.